The van der Waals surface area contributed by atoms with Gasteiger partial charge in [-0.15, -0.1) is 0 Å². The number of aromatic nitrogens is 1. The van der Waals surface area contributed by atoms with Crippen molar-refractivity contribution in [3.05, 3.63) is 23.9 Å². The fourth-order valence-corrected chi connectivity index (χ4v) is 1.49. The van der Waals surface area contributed by atoms with Crippen LogP contribution in [0.3, 0.4) is 0 Å². The zero-order valence-electron chi connectivity index (χ0n) is 11.6. The van der Waals surface area contributed by atoms with E-state index >= 15 is 0 Å². The summed E-state index contributed by atoms with van der Waals surface area (Å²) in [5.74, 6) is 0.698. The minimum atomic E-state index is -0.151. The van der Waals surface area contributed by atoms with Gasteiger partial charge in [0.15, 0.2) is 0 Å². The molecule has 1 N–H and O–H groups in total. The van der Waals surface area contributed by atoms with E-state index in [-0.39, 0.29) is 5.60 Å². The van der Waals surface area contributed by atoms with Gasteiger partial charge in [0.05, 0.1) is 0 Å². The van der Waals surface area contributed by atoms with Gasteiger partial charge in [-0.05, 0) is 39.3 Å². The number of nitrogens with one attached hydrogen (secondary N) is 1. The summed E-state index contributed by atoms with van der Waals surface area (Å²) >= 11 is 0. The quantitative estimate of drug-likeness (QED) is 0.822. The minimum Gasteiger partial charge on any atom is -0.472 e. The van der Waals surface area contributed by atoms with Crippen LogP contribution in [0.15, 0.2) is 18.3 Å². The van der Waals surface area contributed by atoms with Crippen molar-refractivity contribution in [3.8, 4) is 5.88 Å². The number of rotatable bonds is 6. The van der Waals surface area contributed by atoms with Crippen LogP contribution in [0.25, 0.3) is 0 Å². The van der Waals surface area contributed by atoms with Crippen molar-refractivity contribution in [2.24, 2.45) is 0 Å². The molecular weight excluding hydrogens is 212 g/mol. The van der Waals surface area contributed by atoms with E-state index in [4.69, 9.17) is 4.74 Å². The molecule has 17 heavy (non-hydrogen) atoms. The zero-order chi connectivity index (χ0) is 12.9. The first-order chi connectivity index (χ1) is 7.98. The van der Waals surface area contributed by atoms with E-state index in [1.807, 2.05) is 12.3 Å². The van der Waals surface area contributed by atoms with Gasteiger partial charge in [0.1, 0.15) is 5.60 Å². The van der Waals surface area contributed by atoms with E-state index < -0.39 is 0 Å². The summed E-state index contributed by atoms with van der Waals surface area (Å²) in [6, 6.07) is 4.35. The molecule has 0 bridgehead atoms. The van der Waals surface area contributed by atoms with Gasteiger partial charge < -0.3 is 10.1 Å². The van der Waals surface area contributed by atoms with Crippen LogP contribution in [0.5, 0.6) is 5.88 Å². The summed E-state index contributed by atoms with van der Waals surface area (Å²) < 4.78 is 5.81. The van der Waals surface area contributed by atoms with Crippen molar-refractivity contribution in [3.63, 3.8) is 0 Å². The molecule has 0 spiro atoms. The van der Waals surface area contributed by atoms with E-state index in [9.17, 15) is 0 Å². The molecule has 1 rings (SSSR count). The third-order valence-electron chi connectivity index (χ3n) is 3.00. The van der Waals surface area contributed by atoms with Crippen molar-refractivity contribution in [2.75, 3.05) is 6.54 Å². The Morgan fingerprint density at radius 2 is 2.06 bits per heavy atom. The Morgan fingerprint density at radius 3 is 2.53 bits per heavy atom. The minimum absolute atomic E-state index is 0.151. The second-order valence-electron chi connectivity index (χ2n) is 4.92. The molecule has 0 aliphatic heterocycles. The highest BCUT2D eigenvalue weighted by atomic mass is 16.5. The standard InChI is InChI=1S/C14H24N2O/c1-6-14(4,5)17-13-9-8-12(10-16-13)11(3)15-7-2/h8-11,15H,6-7H2,1-5H3. The molecule has 0 saturated heterocycles. The fourth-order valence-electron chi connectivity index (χ4n) is 1.49. The van der Waals surface area contributed by atoms with E-state index in [0.29, 0.717) is 11.9 Å². The van der Waals surface area contributed by atoms with E-state index in [2.05, 4.69) is 51.0 Å². The largest absolute Gasteiger partial charge is 0.472 e. The predicted octanol–water partition coefficient (Wildman–Crippen LogP) is 3.32. The van der Waals surface area contributed by atoms with Crippen LogP contribution >= 0.6 is 0 Å². The van der Waals surface area contributed by atoms with Gasteiger partial charge in [-0.1, -0.05) is 19.9 Å². The third-order valence-corrected chi connectivity index (χ3v) is 3.00. The van der Waals surface area contributed by atoms with Gasteiger partial charge in [-0.3, -0.25) is 0 Å². The zero-order valence-corrected chi connectivity index (χ0v) is 11.6. The number of hydrogen-bond acceptors (Lipinski definition) is 3. The molecule has 1 heterocycles. The van der Waals surface area contributed by atoms with Crippen LogP contribution in [0.2, 0.25) is 0 Å². The lowest BCUT2D eigenvalue weighted by Crippen LogP contribution is -2.27. The van der Waals surface area contributed by atoms with Crippen LogP contribution < -0.4 is 10.1 Å². The molecule has 0 saturated carbocycles. The van der Waals surface area contributed by atoms with Crippen LogP contribution in [-0.4, -0.2) is 17.1 Å². The number of ether oxygens (including phenoxy) is 1. The Bertz CT molecular complexity index is 333. The van der Waals surface area contributed by atoms with Gasteiger partial charge in [-0.25, -0.2) is 4.98 Å². The molecule has 1 atom stereocenters. The Morgan fingerprint density at radius 1 is 1.35 bits per heavy atom. The van der Waals surface area contributed by atoms with Crippen LogP contribution in [0.1, 0.15) is 52.6 Å². The highest BCUT2D eigenvalue weighted by Gasteiger charge is 2.17. The molecule has 96 valence electrons. The van der Waals surface area contributed by atoms with Crippen LogP contribution in [0.4, 0.5) is 0 Å². The molecular formula is C14H24N2O. The summed E-state index contributed by atoms with van der Waals surface area (Å²) in [6.07, 6.45) is 2.85. The summed E-state index contributed by atoms with van der Waals surface area (Å²) in [5, 5.41) is 3.36. The van der Waals surface area contributed by atoms with Gasteiger partial charge in [0, 0.05) is 18.3 Å². The van der Waals surface area contributed by atoms with Crippen molar-refractivity contribution in [1.82, 2.24) is 10.3 Å². The maximum absolute atomic E-state index is 5.81. The maximum atomic E-state index is 5.81. The average Bonchev–Trinajstić information content (AvgIpc) is 2.30. The molecule has 0 aromatic carbocycles. The van der Waals surface area contributed by atoms with Crippen molar-refractivity contribution >= 4 is 0 Å². The predicted molar refractivity (Wildman–Crippen MR) is 71.3 cm³/mol. The molecule has 0 amide bonds. The Hall–Kier alpha value is -1.09. The SMILES string of the molecule is CCNC(C)c1ccc(OC(C)(C)CC)nc1. The Balaban J connectivity index is 2.68. The Labute approximate surface area is 105 Å². The van der Waals surface area contributed by atoms with Gasteiger partial charge >= 0.3 is 0 Å². The molecule has 3 nitrogen and oxygen atoms in total. The maximum Gasteiger partial charge on any atom is 0.213 e. The first kappa shape index (κ1) is 14.0. The van der Waals surface area contributed by atoms with Crippen molar-refractivity contribution in [1.29, 1.82) is 0 Å². The van der Waals surface area contributed by atoms with Gasteiger partial charge in [0.25, 0.3) is 0 Å². The van der Waals surface area contributed by atoms with E-state index in [1.165, 1.54) is 5.56 Å². The highest BCUT2D eigenvalue weighted by Crippen LogP contribution is 2.20. The number of hydrogen-bond donors (Lipinski definition) is 1. The summed E-state index contributed by atoms with van der Waals surface area (Å²) in [5.41, 5.74) is 1.04. The van der Waals surface area contributed by atoms with Crippen LogP contribution in [-0.2, 0) is 0 Å². The molecule has 0 radical (unpaired) electrons. The second kappa shape index (κ2) is 6.01. The third kappa shape index (κ3) is 4.35. The van der Waals surface area contributed by atoms with Crippen LogP contribution in [0, 0.1) is 0 Å². The molecule has 0 aliphatic carbocycles. The highest BCUT2D eigenvalue weighted by molar-refractivity contribution is 5.20. The van der Waals surface area contributed by atoms with E-state index in [0.717, 1.165) is 13.0 Å². The molecule has 1 aromatic rings. The molecule has 3 heteroatoms. The lowest BCUT2D eigenvalue weighted by atomic mass is 10.1. The molecule has 1 unspecified atom stereocenters. The lowest BCUT2D eigenvalue weighted by Gasteiger charge is -2.24. The smallest absolute Gasteiger partial charge is 0.213 e. The monoisotopic (exact) mass is 236 g/mol. The molecule has 1 aromatic heterocycles. The topological polar surface area (TPSA) is 34.1 Å². The molecule has 0 fully saturated rings. The normalized spacial score (nSPS) is 13.5. The van der Waals surface area contributed by atoms with Gasteiger partial charge in [-0.2, -0.15) is 0 Å². The number of nitrogens with zero attached hydrogens (tertiary/aromatic N) is 1. The first-order valence-electron chi connectivity index (χ1n) is 6.37. The summed E-state index contributed by atoms with van der Waals surface area (Å²) in [7, 11) is 0. The lowest BCUT2D eigenvalue weighted by molar-refractivity contribution is 0.0989. The van der Waals surface area contributed by atoms with Gasteiger partial charge in [0.2, 0.25) is 5.88 Å². The summed E-state index contributed by atoms with van der Waals surface area (Å²) in [6.45, 7) is 11.5. The fraction of sp³-hybridized carbons (Fsp3) is 0.643. The first-order valence-corrected chi connectivity index (χ1v) is 6.37. The summed E-state index contributed by atoms with van der Waals surface area (Å²) in [4.78, 5) is 4.35. The molecule has 0 aliphatic rings. The second-order valence-corrected chi connectivity index (χ2v) is 4.92. The average molecular weight is 236 g/mol. The number of pyridine rings is 1. The van der Waals surface area contributed by atoms with Crippen molar-refractivity contribution < 1.29 is 4.74 Å². The van der Waals surface area contributed by atoms with Crippen molar-refractivity contribution in [2.45, 2.75) is 52.7 Å². The van der Waals surface area contributed by atoms with E-state index in [1.54, 1.807) is 0 Å². The Kier molecular flexibility index (Phi) is 4.94.